The first-order chi connectivity index (χ1) is 5.86. The summed E-state index contributed by atoms with van der Waals surface area (Å²) in [4.78, 5) is 8.31. The molecule has 0 aromatic rings. The van der Waals surface area contributed by atoms with E-state index in [1.807, 2.05) is 6.92 Å². The highest BCUT2D eigenvalue weighted by Crippen LogP contribution is 2.11. The molecule has 3 nitrogen and oxygen atoms in total. The zero-order chi connectivity index (χ0) is 8.81. The van der Waals surface area contributed by atoms with Gasteiger partial charge in [-0.05, 0) is 13.3 Å². The van der Waals surface area contributed by atoms with Crippen molar-refractivity contribution in [1.29, 1.82) is 0 Å². The molecule has 12 heavy (non-hydrogen) atoms. The standard InChI is InChI=1S/C9H16N2O/c1-3-5-8-6-9(12-4-2)11-7-10-8/h7-8H,3-6H2,1-2H3. The van der Waals surface area contributed by atoms with Crippen LogP contribution >= 0.6 is 0 Å². The van der Waals surface area contributed by atoms with Crippen molar-refractivity contribution in [2.24, 2.45) is 9.98 Å². The van der Waals surface area contributed by atoms with Crippen LogP contribution in [0.4, 0.5) is 0 Å². The Morgan fingerprint density at radius 2 is 2.42 bits per heavy atom. The number of aliphatic imine (C=N–C) groups is 2. The Hall–Kier alpha value is -0.860. The molecular weight excluding hydrogens is 152 g/mol. The van der Waals surface area contributed by atoms with Crippen LogP contribution in [-0.4, -0.2) is 24.9 Å². The van der Waals surface area contributed by atoms with E-state index in [9.17, 15) is 0 Å². The summed E-state index contributed by atoms with van der Waals surface area (Å²) in [5.74, 6) is 0.839. The molecule has 1 aliphatic rings. The van der Waals surface area contributed by atoms with Crippen LogP contribution < -0.4 is 0 Å². The summed E-state index contributed by atoms with van der Waals surface area (Å²) in [5, 5.41) is 0. The van der Waals surface area contributed by atoms with Crippen molar-refractivity contribution in [3.8, 4) is 0 Å². The molecule has 0 aliphatic carbocycles. The third-order valence-corrected chi connectivity index (χ3v) is 1.82. The number of ether oxygens (including phenoxy) is 1. The van der Waals surface area contributed by atoms with Gasteiger partial charge in [0, 0.05) is 6.42 Å². The Labute approximate surface area is 73.6 Å². The van der Waals surface area contributed by atoms with Crippen molar-refractivity contribution in [1.82, 2.24) is 0 Å². The molecule has 68 valence electrons. The van der Waals surface area contributed by atoms with Gasteiger partial charge < -0.3 is 4.74 Å². The lowest BCUT2D eigenvalue weighted by Gasteiger charge is -2.15. The molecule has 1 rings (SSSR count). The topological polar surface area (TPSA) is 34.0 Å². The van der Waals surface area contributed by atoms with E-state index in [2.05, 4.69) is 16.9 Å². The van der Waals surface area contributed by atoms with Crippen LogP contribution in [0.5, 0.6) is 0 Å². The molecule has 3 heteroatoms. The van der Waals surface area contributed by atoms with Crippen LogP contribution in [0.25, 0.3) is 0 Å². The summed E-state index contributed by atoms with van der Waals surface area (Å²) in [6, 6.07) is 0.397. The van der Waals surface area contributed by atoms with E-state index in [0.29, 0.717) is 12.6 Å². The molecule has 0 saturated heterocycles. The van der Waals surface area contributed by atoms with Crippen LogP contribution in [0.1, 0.15) is 33.1 Å². The predicted octanol–water partition coefficient (Wildman–Crippen LogP) is 2.02. The summed E-state index contributed by atoms with van der Waals surface area (Å²) >= 11 is 0. The Kier molecular flexibility index (Phi) is 3.77. The van der Waals surface area contributed by atoms with Crippen LogP contribution in [0.15, 0.2) is 9.98 Å². The first kappa shape index (κ1) is 9.23. The van der Waals surface area contributed by atoms with E-state index in [-0.39, 0.29) is 0 Å². The van der Waals surface area contributed by atoms with Crippen LogP contribution in [0.3, 0.4) is 0 Å². The van der Waals surface area contributed by atoms with Gasteiger partial charge in [0.15, 0.2) is 5.90 Å². The zero-order valence-electron chi connectivity index (χ0n) is 7.79. The molecule has 1 heterocycles. The average molecular weight is 168 g/mol. The van der Waals surface area contributed by atoms with Crippen molar-refractivity contribution < 1.29 is 4.74 Å². The minimum Gasteiger partial charge on any atom is -0.481 e. The molecule has 0 bridgehead atoms. The van der Waals surface area contributed by atoms with Crippen molar-refractivity contribution in [3.63, 3.8) is 0 Å². The van der Waals surface area contributed by atoms with Crippen LogP contribution in [-0.2, 0) is 4.74 Å². The van der Waals surface area contributed by atoms with E-state index in [1.165, 1.54) is 6.42 Å². The summed E-state index contributed by atoms with van der Waals surface area (Å²) in [6.45, 7) is 4.84. The maximum atomic E-state index is 5.32. The lowest BCUT2D eigenvalue weighted by Crippen LogP contribution is -2.18. The quantitative estimate of drug-likeness (QED) is 0.634. The van der Waals surface area contributed by atoms with Gasteiger partial charge in [-0.3, -0.25) is 4.99 Å². The monoisotopic (exact) mass is 168 g/mol. The highest BCUT2D eigenvalue weighted by Gasteiger charge is 2.13. The highest BCUT2D eigenvalue weighted by molar-refractivity contribution is 5.86. The maximum Gasteiger partial charge on any atom is 0.191 e. The smallest absolute Gasteiger partial charge is 0.191 e. The first-order valence-electron chi connectivity index (χ1n) is 4.58. The fourth-order valence-electron chi connectivity index (χ4n) is 1.27. The SMILES string of the molecule is CCCC1CC(OCC)=NC=N1. The van der Waals surface area contributed by atoms with Crippen LogP contribution in [0, 0.1) is 0 Å². The molecule has 0 saturated carbocycles. The second-order valence-corrected chi connectivity index (χ2v) is 2.87. The van der Waals surface area contributed by atoms with Gasteiger partial charge in [-0.15, -0.1) is 0 Å². The Morgan fingerprint density at radius 3 is 3.08 bits per heavy atom. The summed E-state index contributed by atoms with van der Waals surface area (Å²) < 4.78 is 5.32. The van der Waals surface area contributed by atoms with E-state index in [1.54, 1.807) is 6.34 Å². The average Bonchev–Trinajstić information content (AvgIpc) is 2.06. The third-order valence-electron chi connectivity index (χ3n) is 1.82. The predicted molar refractivity (Wildman–Crippen MR) is 50.9 cm³/mol. The first-order valence-corrected chi connectivity index (χ1v) is 4.58. The number of hydrogen-bond donors (Lipinski definition) is 0. The molecule has 0 amide bonds. The summed E-state index contributed by atoms with van der Waals surface area (Å²) in [6.07, 6.45) is 4.79. The molecule has 0 aromatic heterocycles. The second-order valence-electron chi connectivity index (χ2n) is 2.87. The minimum atomic E-state index is 0.397. The molecule has 1 unspecified atom stereocenters. The molecule has 1 aliphatic heterocycles. The van der Waals surface area contributed by atoms with E-state index in [4.69, 9.17) is 4.74 Å². The van der Waals surface area contributed by atoms with E-state index in [0.717, 1.165) is 18.7 Å². The van der Waals surface area contributed by atoms with Gasteiger partial charge in [0.25, 0.3) is 0 Å². The van der Waals surface area contributed by atoms with E-state index < -0.39 is 0 Å². The van der Waals surface area contributed by atoms with Gasteiger partial charge in [0.05, 0.1) is 12.6 Å². The Balaban J connectivity index is 2.38. The lowest BCUT2D eigenvalue weighted by atomic mass is 10.1. The molecule has 0 fully saturated rings. The molecular formula is C9H16N2O. The minimum absolute atomic E-state index is 0.397. The molecule has 1 atom stereocenters. The maximum absolute atomic E-state index is 5.32. The van der Waals surface area contributed by atoms with Gasteiger partial charge >= 0.3 is 0 Å². The number of hydrogen-bond acceptors (Lipinski definition) is 3. The number of rotatable bonds is 3. The highest BCUT2D eigenvalue weighted by atomic mass is 16.5. The van der Waals surface area contributed by atoms with Crippen molar-refractivity contribution in [3.05, 3.63) is 0 Å². The fourth-order valence-corrected chi connectivity index (χ4v) is 1.27. The van der Waals surface area contributed by atoms with Gasteiger partial charge in [0.2, 0.25) is 0 Å². The third kappa shape index (κ3) is 2.64. The Bertz CT molecular complexity index is 187. The normalized spacial score (nSPS) is 22.2. The molecule has 0 spiro atoms. The summed E-state index contributed by atoms with van der Waals surface area (Å²) in [5.41, 5.74) is 0. The summed E-state index contributed by atoms with van der Waals surface area (Å²) in [7, 11) is 0. The molecule has 0 aromatic carbocycles. The lowest BCUT2D eigenvalue weighted by molar-refractivity contribution is 0.312. The van der Waals surface area contributed by atoms with Gasteiger partial charge in [0.1, 0.15) is 6.34 Å². The Morgan fingerprint density at radius 1 is 1.58 bits per heavy atom. The zero-order valence-corrected chi connectivity index (χ0v) is 7.79. The van der Waals surface area contributed by atoms with Gasteiger partial charge in [-0.25, -0.2) is 4.99 Å². The van der Waals surface area contributed by atoms with Crippen LogP contribution in [0.2, 0.25) is 0 Å². The second kappa shape index (κ2) is 4.91. The van der Waals surface area contributed by atoms with Crippen molar-refractivity contribution in [2.45, 2.75) is 39.2 Å². The number of nitrogens with zero attached hydrogens (tertiary/aromatic N) is 2. The fraction of sp³-hybridized carbons (Fsp3) is 0.778. The van der Waals surface area contributed by atoms with Gasteiger partial charge in [-0.2, -0.15) is 0 Å². The van der Waals surface area contributed by atoms with Crippen molar-refractivity contribution in [2.75, 3.05) is 6.61 Å². The molecule has 0 radical (unpaired) electrons. The van der Waals surface area contributed by atoms with Crippen molar-refractivity contribution >= 4 is 12.2 Å². The van der Waals surface area contributed by atoms with Gasteiger partial charge in [-0.1, -0.05) is 13.3 Å². The van der Waals surface area contributed by atoms with E-state index >= 15 is 0 Å². The molecule has 0 N–H and O–H groups in total. The largest absolute Gasteiger partial charge is 0.481 e.